The van der Waals surface area contributed by atoms with E-state index in [2.05, 4.69) is 17.4 Å². The van der Waals surface area contributed by atoms with Gasteiger partial charge in [0.25, 0.3) is 0 Å². The van der Waals surface area contributed by atoms with Crippen molar-refractivity contribution in [3.8, 4) is 0 Å². The van der Waals surface area contributed by atoms with Crippen LogP contribution in [0.15, 0.2) is 11.6 Å². The summed E-state index contributed by atoms with van der Waals surface area (Å²) < 4.78 is 21.7. The van der Waals surface area contributed by atoms with Crippen LogP contribution in [-0.2, 0) is 9.84 Å². The first-order valence-electron chi connectivity index (χ1n) is 5.92. The molecule has 0 atom stereocenters. The predicted octanol–water partition coefficient (Wildman–Crippen LogP) is 2.62. The third kappa shape index (κ3) is 13.4. The second-order valence-corrected chi connectivity index (χ2v) is 6.40. The number of hydrogen-bond acceptors (Lipinski definition) is 3. The van der Waals surface area contributed by atoms with Crippen molar-refractivity contribution in [1.29, 1.82) is 0 Å². The van der Waals surface area contributed by atoms with Crippen molar-refractivity contribution in [2.75, 3.05) is 18.6 Å². The Morgan fingerprint density at radius 1 is 1.00 bits per heavy atom. The Morgan fingerprint density at radius 2 is 1.50 bits per heavy atom. The van der Waals surface area contributed by atoms with Crippen molar-refractivity contribution < 1.29 is 8.42 Å². The third-order valence-corrected chi connectivity index (χ3v) is 3.43. The number of rotatable bonds is 10. The summed E-state index contributed by atoms with van der Waals surface area (Å²) in [6.45, 7) is 4.24. The molecule has 0 aromatic rings. The molecule has 0 aliphatic rings. The van der Waals surface area contributed by atoms with Gasteiger partial charge in [0.2, 0.25) is 0 Å². The summed E-state index contributed by atoms with van der Waals surface area (Å²) in [7, 11) is -2.76. The van der Waals surface area contributed by atoms with Gasteiger partial charge >= 0.3 is 0 Å². The van der Waals surface area contributed by atoms with E-state index in [9.17, 15) is 8.42 Å². The quantitative estimate of drug-likeness (QED) is 0.439. The van der Waals surface area contributed by atoms with Crippen molar-refractivity contribution in [2.24, 2.45) is 4.99 Å². The molecule has 0 aromatic carbocycles. The second-order valence-electron chi connectivity index (χ2n) is 4.14. The molecule has 0 rings (SSSR count). The molecule has 0 radical (unpaired) electrons. The Morgan fingerprint density at radius 3 is 2.00 bits per heavy atom. The summed E-state index contributed by atoms with van der Waals surface area (Å²) in [5.41, 5.74) is 0. The van der Waals surface area contributed by atoms with Crippen LogP contribution < -0.4 is 0 Å². The molecule has 16 heavy (non-hydrogen) atoms. The van der Waals surface area contributed by atoms with Gasteiger partial charge in [-0.3, -0.25) is 0 Å². The maximum Gasteiger partial charge on any atom is 0.147 e. The maximum absolute atomic E-state index is 10.8. The van der Waals surface area contributed by atoms with Crippen LogP contribution in [0, 0.1) is 0 Å². The highest BCUT2D eigenvalue weighted by atomic mass is 32.2. The second kappa shape index (κ2) is 9.61. The first kappa shape index (κ1) is 15.4. The van der Waals surface area contributed by atoms with E-state index in [0.717, 1.165) is 32.2 Å². The Kier molecular flexibility index (Phi) is 9.25. The Bertz CT molecular complexity index is 303. The van der Waals surface area contributed by atoms with E-state index < -0.39 is 9.84 Å². The van der Waals surface area contributed by atoms with E-state index >= 15 is 0 Å². The highest BCUT2D eigenvalue weighted by molar-refractivity contribution is 7.90. The van der Waals surface area contributed by atoms with Crippen molar-refractivity contribution in [3.63, 3.8) is 0 Å². The largest absolute Gasteiger partial charge is 0.244 e. The lowest BCUT2D eigenvalue weighted by molar-refractivity contribution is 0.579. The van der Waals surface area contributed by atoms with Gasteiger partial charge in [-0.15, -0.1) is 0 Å². The SMILES string of the molecule is C=C=NCCCCCCCCCS(C)(=O)=O. The van der Waals surface area contributed by atoms with Crippen LogP contribution in [0.3, 0.4) is 0 Å². The first-order chi connectivity index (χ1) is 7.56. The maximum atomic E-state index is 10.8. The molecule has 4 heteroatoms. The molecule has 0 aliphatic heterocycles. The molecule has 94 valence electrons. The lowest BCUT2D eigenvalue weighted by Crippen LogP contribution is -2.02. The van der Waals surface area contributed by atoms with Crippen LogP contribution in [-0.4, -0.2) is 32.8 Å². The lowest BCUT2D eigenvalue weighted by atomic mass is 10.1. The minimum Gasteiger partial charge on any atom is -0.244 e. The van der Waals surface area contributed by atoms with Crippen LogP contribution in [0.2, 0.25) is 0 Å². The van der Waals surface area contributed by atoms with E-state index in [-0.39, 0.29) is 0 Å². The number of aliphatic imine (C=N–C) groups is 1. The van der Waals surface area contributed by atoms with Gasteiger partial charge in [0.05, 0.1) is 0 Å². The molecule has 0 spiro atoms. The van der Waals surface area contributed by atoms with Gasteiger partial charge in [0, 0.05) is 18.6 Å². The molecule has 0 N–H and O–H groups in total. The van der Waals surface area contributed by atoms with Crippen LogP contribution in [0.4, 0.5) is 0 Å². The molecule has 0 unspecified atom stereocenters. The van der Waals surface area contributed by atoms with Crippen LogP contribution in [0.1, 0.15) is 44.9 Å². The predicted molar refractivity (Wildman–Crippen MR) is 70.0 cm³/mol. The van der Waals surface area contributed by atoms with Gasteiger partial charge in [-0.1, -0.05) is 32.1 Å². The molecule has 0 saturated carbocycles. The summed E-state index contributed by atoms with van der Waals surface area (Å²) in [5, 5.41) is 0. The summed E-state index contributed by atoms with van der Waals surface area (Å²) in [6.07, 6.45) is 8.97. The summed E-state index contributed by atoms with van der Waals surface area (Å²) in [5.74, 6) is 2.85. The Hall–Kier alpha value is -0.600. The Labute approximate surface area is 99.6 Å². The zero-order valence-electron chi connectivity index (χ0n) is 10.2. The molecule has 3 nitrogen and oxygen atoms in total. The first-order valence-corrected chi connectivity index (χ1v) is 7.98. The molecule has 0 fully saturated rings. The highest BCUT2D eigenvalue weighted by Gasteiger charge is 2.00. The molecule has 0 aromatic heterocycles. The van der Waals surface area contributed by atoms with Gasteiger partial charge in [-0.2, -0.15) is 0 Å². The molecule has 0 heterocycles. The minimum atomic E-state index is -2.76. The highest BCUT2D eigenvalue weighted by Crippen LogP contribution is 2.07. The van der Waals surface area contributed by atoms with Gasteiger partial charge < -0.3 is 0 Å². The fourth-order valence-corrected chi connectivity index (χ4v) is 2.25. The number of unbranched alkanes of at least 4 members (excludes halogenated alkanes) is 6. The topological polar surface area (TPSA) is 46.5 Å². The zero-order valence-corrected chi connectivity index (χ0v) is 11.1. The fraction of sp³-hybridized carbons (Fsp3) is 0.833. The van der Waals surface area contributed by atoms with Gasteiger partial charge in [-0.25, -0.2) is 13.4 Å². The molecule has 0 bridgehead atoms. The van der Waals surface area contributed by atoms with Gasteiger partial charge in [0.1, 0.15) is 9.84 Å². The summed E-state index contributed by atoms with van der Waals surface area (Å²) in [4.78, 5) is 3.92. The molecular formula is C12H23NO2S. The Balaban J connectivity index is 3.13. The number of sulfone groups is 1. The number of nitrogens with zero attached hydrogens (tertiary/aromatic N) is 1. The molecule has 0 amide bonds. The smallest absolute Gasteiger partial charge is 0.147 e. The van der Waals surface area contributed by atoms with Crippen LogP contribution in [0.25, 0.3) is 0 Å². The third-order valence-electron chi connectivity index (χ3n) is 2.40. The lowest BCUT2D eigenvalue weighted by Gasteiger charge is -2.00. The van der Waals surface area contributed by atoms with Crippen LogP contribution >= 0.6 is 0 Å². The van der Waals surface area contributed by atoms with E-state index in [4.69, 9.17) is 0 Å². The summed E-state index contributed by atoms with van der Waals surface area (Å²) >= 11 is 0. The van der Waals surface area contributed by atoms with E-state index in [1.54, 1.807) is 0 Å². The van der Waals surface area contributed by atoms with Crippen molar-refractivity contribution in [1.82, 2.24) is 0 Å². The average Bonchev–Trinajstić information content (AvgIpc) is 2.19. The standard InChI is InChI=1S/C12H23NO2S/c1-3-13-11-9-7-5-4-6-8-10-12-16(2,14)15/h1,4-12H2,2H3. The van der Waals surface area contributed by atoms with Gasteiger partial charge in [0.15, 0.2) is 0 Å². The number of hydrogen-bond donors (Lipinski definition) is 0. The monoisotopic (exact) mass is 245 g/mol. The summed E-state index contributed by atoms with van der Waals surface area (Å²) in [6, 6.07) is 0. The van der Waals surface area contributed by atoms with Crippen LogP contribution in [0.5, 0.6) is 0 Å². The average molecular weight is 245 g/mol. The minimum absolute atomic E-state index is 0.334. The fourth-order valence-electron chi connectivity index (χ4n) is 1.52. The van der Waals surface area contributed by atoms with Crippen molar-refractivity contribution in [3.05, 3.63) is 6.58 Å². The zero-order chi connectivity index (χ0) is 12.3. The molecule has 0 saturated heterocycles. The van der Waals surface area contributed by atoms with E-state index in [0.29, 0.717) is 5.75 Å². The molecular weight excluding hydrogens is 222 g/mol. The molecule has 0 aliphatic carbocycles. The normalized spacial score (nSPS) is 11.1. The van der Waals surface area contributed by atoms with Gasteiger partial charge in [-0.05, 0) is 25.3 Å². The van der Waals surface area contributed by atoms with Crippen molar-refractivity contribution in [2.45, 2.75) is 44.9 Å². The van der Waals surface area contributed by atoms with E-state index in [1.807, 2.05) is 0 Å². The van der Waals surface area contributed by atoms with E-state index in [1.165, 1.54) is 25.5 Å². The van der Waals surface area contributed by atoms with Crippen molar-refractivity contribution >= 4 is 15.7 Å².